The SMILES string of the molecule is COc1ccc(CN(C)c2cc3nccc(-c4cc(N)cc(Cl)c4C)c3cn2)cc1. The van der Waals surface area contributed by atoms with Crippen molar-refractivity contribution in [1.82, 2.24) is 9.97 Å². The van der Waals surface area contributed by atoms with Gasteiger partial charge >= 0.3 is 0 Å². The molecule has 2 aromatic carbocycles. The van der Waals surface area contributed by atoms with Crippen molar-refractivity contribution in [2.45, 2.75) is 13.5 Å². The third-order valence-corrected chi connectivity index (χ3v) is 5.63. The molecule has 152 valence electrons. The van der Waals surface area contributed by atoms with Crippen LogP contribution in [0.4, 0.5) is 11.5 Å². The van der Waals surface area contributed by atoms with E-state index in [4.69, 9.17) is 27.1 Å². The third kappa shape index (κ3) is 3.89. The maximum Gasteiger partial charge on any atom is 0.130 e. The van der Waals surface area contributed by atoms with Crippen LogP contribution in [0.3, 0.4) is 0 Å². The summed E-state index contributed by atoms with van der Waals surface area (Å²) in [6.07, 6.45) is 3.68. The standard InChI is InChI=1S/C24H23ClN4O/c1-15-20(10-17(26)11-22(15)25)19-8-9-27-23-12-24(28-13-21(19)23)29(2)14-16-4-6-18(30-3)7-5-16/h4-13H,14,26H2,1-3H3. The van der Waals surface area contributed by atoms with Gasteiger partial charge in [0.1, 0.15) is 11.6 Å². The fourth-order valence-electron chi connectivity index (χ4n) is 3.54. The molecule has 0 saturated carbocycles. The number of rotatable bonds is 5. The van der Waals surface area contributed by atoms with Gasteiger partial charge in [0.2, 0.25) is 0 Å². The molecular weight excluding hydrogens is 396 g/mol. The van der Waals surface area contributed by atoms with Crippen LogP contribution in [0.1, 0.15) is 11.1 Å². The van der Waals surface area contributed by atoms with Crippen molar-refractivity contribution in [3.8, 4) is 16.9 Å². The molecule has 0 unspecified atom stereocenters. The first-order valence-electron chi connectivity index (χ1n) is 9.61. The molecule has 0 bridgehead atoms. The minimum absolute atomic E-state index is 0.634. The van der Waals surface area contributed by atoms with Gasteiger partial charge in [-0.1, -0.05) is 23.7 Å². The van der Waals surface area contributed by atoms with Crippen LogP contribution in [0.25, 0.3) is 22.0 Å². The Morgan fingerprint density at radius 2 is 1.80 bits per heavy atom. The van der Waals surface area contributed by atoms with Crippen molar-refractivity contribution in [2.24, 2.45) is 0 Å². The highest BCUT2D eigenvalue weighted by atomic mass is 35.5. The van der Waals surface area contributed by atoms with Crippen molar-refractivity contribution >= 4 is 34.0 Å². The number of nitrogens with zero attached hydrogens (tertiary/aromatic N) is 3. The first kappa shape index (κ1) is 20.0. The van der Waals surface area contributed by atoms with Crippen molar-refractivity contribution in [1.29, 1.82) is 0 Å². The highest BCUT2D eigenvalue weighted by molar-refractivity contribution is 6.32. The van der Waals surface area contributed by atoms with Gasteiger partial charge in [-0.05, 0) is 59.5 Å². The second-order valence-corrected chi connectivity index (χ2v) is 7.70. The molecule has 5 nitrogen and oxygen atoms in total. The summed E-state index contributed by atoms with van der Waals surface area (Å²) < 4.78 is 5.23. The van der Waals surface area contributed by atoms with Crippen LogP contribution in [-0.4, -0.2) is 24.1 Å². The van der Waals surface area contributed by atoms with Crippen LogP contribution >= 0.6 is 11.6 Å². The van der Waals surface area contributed by atoms with Crippen LogP contribution in [-0.2, 0) is 6.54 Å². The molecule has 0 aliphatic heterocycles. The maximum atomic E-state index is 6.36. The Labute approximate surface area is 181 Å². The summed E-state index contributed by atoms with van der Waals surface area (Å²) >= 11 is 6.36. The van der Waals surface area contributed by atoms with Gasteiger partial charge in [-0.25, -0.2) is 4.98 Å². The number of benzene rings is 2. The Morgan fingerprint density at radius 3 is 2.53 bits per heavy atom. The van der Waals surface area contributed by atoms with Gasteiger partial charge in [-0.15, -0.1) is 0 Å². The third-order valence-electron chi connectivity index (χ3n) is 5.24. The lowest BCUT2D eigenvalue weighted by molar-refractivity contribution is 0.414. The summed E-state index contributed by atoms with van der Waals surface area (Å²) in [7, 11) is 3.69. The van der Waals surface area contributed by atoms with Gasteiger partial charge in [0.25, 0.3) is 0 Å². The quantitative estimate of drug-likeness (QED) is 0.434. The van der Waals surface area contributed by atoms with E-state index in [9.17, 15) is 0 Å². The topological polar surface area (TPSA) is 64.3 Å². The lowest BCUT2D eigenvalue weighted by atomic mass is 9.97. The monoisotopic (exact) mass is 418 g/mol. The average Bonchev–Trinajstić information content (AvgIpc) is 2.76. The first-order valence-corrected chi connectivity index (χ1v) is 9.99. The number of anilines is 2. The molecule has 4 aromatic rings. The van der Waals surface area contributed by atoms with Crippen molar-refractivity contribution in [3.63, 3.8) is 0 Å². The smallest absolute Gasteiger partial charge is 0.130 e. The van der Waals surface area contributed by atoms with Crippen LogP contribution in [0.2, 0.25) is 5.02 Å². The van der Waals surface area contributed by atoms with Crippen molar-refractivity contribution in [2.75, 3.05) is 24.8 Å². The van der Waals surface area contributed by atoms with Crippen molar-refractivity contribution in [3.05, 3.63) is 77.1 Å². The van der Waals surface area contributed by atoms with Crippen LogP contribution in [0.5, 0.6) is 5.75 Å². The van der Waals surface area contributed by atoms with Gasteiger partial charge in [-0.3, -0.25) is 4.98 Å². The lowest BCUT2D eigenvalue weighted by Crippen LogP contribution is -2.17. The fraction of sp³-hybridized carbons (Fsp3) is 0.167. The van der Waals surface area contributed by atoms with E-state index in [1.807, 2.05) is 50.5 Å². The van der Waals surface area contributed by atoms with Crippen LogP contribution in [0, 0.1) is 6.92 Å². The van der Waals surface area contributed by atoms with Crippen LogP contribution in [0.15, 0.2) is 60.9 Å². The molecule has 0 saturated heterocycles. The maximum absolute atomic E-state index is 6.36. The molecule has 0 aliphatic carbocycles. The predicted octanol–water partition coefficient (Wildman–Crippen LogP) is 5.49. The largest absolute Gasteiger partial charge is 0.497 e. The molecule has 0 atom stereocenters. The molecule has 0 radical (unpaired) electrons. The molecule has 30 heavy (non-hydrogen) atoms. The predicted molar refractivity (Wildman–Crippen MR) is 124 cm³/mol. The molecule has 2 N–H and O–H groups in total. The zero-order chi connectivity index (χ0) is 21.3. The summed E-state index contributed by atoms with van der Waals surface area (Å²) in [5.41, 5.74) is 11.7. The highest BCUT2D eigenvalue weighted by Crippen LogP contribution is 2.35. The molecule has 2 aromatic heterocycles. The van der Waals surface area contributed by atoms with Gasteiger partial charge in [-0.2, -0.15) is 0 Å². The molecule has 0 amide bonds. The summed E-state index contributed by atoms with van der Waals surface area (Å²) in [5, 5.41) is 1.61. The number of hydrogen-bond donors (Lipinski definition) is 1. The second-order valence-electron chi connectivity index (χ2n) is 7.30. The zero-order valence-electron chi connectivity index (χ0n) is 17.2. The number of nitrogens with two attached hydrogens (primary N) is 1. The first-order chi connectivity index (χ1) is 14.5. The lowest BCUT2D eigenvalue weighted by Gasteiger charge is -2.19. The van der Waals surface area contributed by atoms with Crippen LogP contribution < -0.4 is 15.4 Å². The van der Waals surface area contributed by atoms with Gasteiger partial charge < -0.3 is 15.4 Å². The van der Waals surface area contributed by atoms with Crippen molar-refractivity contribution < 1.29 is 4.74 Å². The fourth-order valence-corrected chi connectivity index (χ4v) is 3.77. The number of nitrogen functional groups attached to an aromatic ring is 1. The number of halogens is 1. The van der Waals surface area contributed by atoms with E-state index in [1.165, 1.54) is 5.56 Å². The van der Waals surface area contributed by atoms with Gasteiger partial charge in [0, 0.05) is 48.1 Å². The number of hydrogen-bond acceptors (Lipinski definition) is 5. The Hall–Kier alpha value is -3.31. The Kier molecular flexibility index (Phi) is 5.46. The Morgan fingerprint density at radius 1 is 1.03 bits per heavy atom. The van der Waals surface area contributed by atoms with E-state index < -0.39 is 0 Å². The minimum Gasteiger partial charge on any atom is -0.497 e. The number of fused-ring (bicyclic) bond motifs is 1. The van der Waals surface area contributed by atoms with E-state index in [1.54, 1.807) is 19.4 Å². The molecule has 0 aliphatic rings. The summed E-state index contributed by atoms with van der Waals surface area (Å²) in [5.74, 6) is 1.70. The minimum atomic E-state index is 0.634. The van der Waals surface area contributed by atoms with Gasteiger partial charge in [0.05, 0.1) is 12.6 Å². The zero-order valence-corrected chi connectivity index (χ0v) is 17.9. The summed E-state index contributed by atoms with van der Waals surface area (Å²) in [6, 6.07) is 15.7. The number of ether oxygens (including phenoxy) is 1. The van der Waals surface area contributed by atoms with E-state index in [0.717, 1.165) is 45.7 Å². The van der Waals surface area contributed by atoms with E-state index in [2.05, 4.69) is 22.0 Å². The van der Waals surface area contributed by atoms with E-state index in [0.29, 0.717) is 10.7 Å². The molecule has 0 fully saturated rings. The number of aromatic nitrogens is 2. The summed E-state index contributed by atoms with van der Waals surface area (Å²) in [6.45, 7) is 2.72. The molecule has 2 heterocycles. The normalized spacial score (nSPS) is 10.9. The molecular formula is C24H23ClN4O. The number of pyridine rings is 2. The molecule has 0 spiro atoms. The van der Waals surface area contributed by atoms with Gasteiger partial charge in [0.15, 0.2) is 0 Å². The highest BCUT2D eigenvalue weighted by Gasteiger charge is 2.13. The Balaban J connectivity index is 1.68. The Bertz CT molecular complexity index is 1210. The second kappa shape index (κ2) is 8.20. The van der Waals surface area contributed by atoms with E-state index >= 15 is 0 Å². The average molecular weight is 419 g/mol. The van der Waals surface area contributed by atoms with E-state index in [-0.39, 0.29) is 0 Å². The molecule has 4 rings (SSSR count). The molecule has 6 heteroatoms. The number of methoxy groups -OCH3 is 1. The summed E-state index contributed by atoms with van der Waals surface area (Å²) in [4.78, 5) is 11.4.